The molecule has 2 aliphatic heterocycles. The molecule has 0 aromatic heterocycles. The van der Waals surface area contributed by atoms with Gasteiger partial charge in [0.15, 0.2) is 5.54 Å². The van der Waals surface area contributed by atoms with Gasteiger partial charge in [-0.05, 0) is 6.92 Å². The molecule has 1 N–H and O–H groups in total. The lowest BCUT2D eigenvalue weighted by Gasteiger charge is -2.42. The van der Waals surface area contributed by atoms with Gasteiger partial charge in [0.1, 0.15) is 11.8 Å². The lowest BCUT2D eigenvalue weighted by molar-refractivity contribution is -0.175. The molecular weight excluding hydrogens is 290 g/mol. The lowest BCUT2D eigenvalue weighted by atomic mass is 9.77. The number of ether oxygens (including phenoxy) is 3. The molecule has 2 fully saturated rings. The van der Waals surface area contributed by atoms with Crippen molar-refractivity contribution in [2.75, 3.05) is 20.8 Å². The molecule has 7 nitrogen and oxygen atoms in total. The number of carbonyl (C=O) groups excluding carboxylic acids is 2. The second-order valence-electron chi connectivity index (χ2n) is 7.16. The second kappa shape index (κ2) is 5.18. The fraction of sp³-hybridized carbons (Fsp3) is 0.867. The van der Waals surface area contributed by atoms with E-state index in [4.69, 9.17) is 14.2 Å². The number of carbonyl (C=O) groups is 2. The van der Waals surface area contributed by atoms with Crippen molar-refractivity contribution in [1.29, 1.82) is 0 Å². The van der Waals surface area contributed by atoms with Gasteiger partial charge >= 0.3 is 5.97 Å². The Kier molecular flexibility index (Phi) is 4.04. The maximum absolute atomic E-state index is 12.6. The molecule has 126 valence electrons. The molecule has 2 heterocycles. The van der Waals surface area contributed by atoms with E-state index >= 15 is 0 Å². The Morgan fingerprint density at radius 1 is 1.45 bits per heavy atom. The number of rotatable bonds is 3. The third kappa shape index (κ3) is 1.99. The van der Waals surface area contributed by atoms with Crippen LogP contribution in [-0.4, -0.2) is 66.2 Å². The first-order valence-corrected chi connectivity index (χ1v) is 7.33. The van der Waals surface area contributed by atoms with Crippen LogP contribution in [0.1, 0.15) is 34.1 Å². The number of nitrogens with zero attached hydrogens (tertiary/aromatic N) is 1. The van der Waals surface area contributed by atoms with Crippen LogP contribution in [0.3, 0.4) is 0 Å². The van der Waals surface area contributed by atoms with Gasteiger partial charge in [-0.1, -0.05) is 20.8 Å². The summed E-state index contributed by atoms with van der Waals surface area (Å²) in [6, 6.07) is 0. The van der Waals surface area contributed by atoms with Crippen molar-refractivity contribution in [2.45, 2.75) is 57.6 Å². The molecule has 7 heteroatoms. The molecule has 2 aliphatic rings. The van der Waals surface area contributed by atoms with Crippen molar-refractivity contribution in [3.05, 3.63) is 0 Å². The SMILES string of the molecule is COC[C@@]1(O)CC(=O)N2[C@@H](C(C)(C)C)O[C@H](C)[C@@]21C(=O)OC. The third-order valence-corrected chi connectivity index (χ3v) is 4.58. The van der Waals surface area contributed by atoms with Crippen molar-refractivity contribution in [3.8, 4) is 0 Å². The van der Waals surface area contributed by atoms with E-state index in [2.05, 4.69) is 0 Å². The zero-order valence-corrected chi connectivity index (χ0v) is 14.0. The predicted octanol–water partition coefficient (Wildman–Crippen LogP) is 0.299. The van der Waals surface area contributed by atoms with E-state index in [0.29, 0.717) is 0 Å². The molecule has 1 amide bonds. The van der Waals surface area contributed by atoms with E-state index in [1.165, 1.54) is 19.1 Å². The maximum Gasteiger partial charge on any atom is 0.337 e. The zero-order valence-electron chi connectivity index (χ0n) is 14.0. The summed E-state index contributed by atoms with van der Waals surface area (Å²) in [5.74, 6) is -1.02. The number of aliphatic hydroxyl groups is 1. The van der Waals surface area contributed by atoms with Gasteiger partial charge in [0.25, 0.3) is 0 Å². The lowest BCUT2D eigenvalue weighted by Crippen LogP contribution is -2.68. The summed E-state index contributed by atoms with van der Waals surface area (Å²) in [6.45, 7) is 7.26. The first-order valence-electron chi connectivity index (χ1n) is 7.33. The molecule has 2 saturated heterocycles. The predicted molar refractivity (Wildman–Crippen MR) is 76.8 cm³/mol. The van der Waals surface area contributed by atoms with Crippen molar-refractivity contribution in [3.63, 3.8) is 0 Å². The van der Waals surface area contributed by atoms with Crippen LogP contribution in [-0.2, 0) is 23.8 Å². The van der Waals surface area contributed by atoms with Gasteiger partial charge in [0, 0.05) is 12.5 Å². The summed E-state index contributed by atoms with van der Waals surface area (Å²) in [6.07, 6.45) is -1.54. The molecule has 0 spiro atoms. The van der Waals surface area contributed by atoms with Crippen LogP contribution in [0.25, 0.3) is 0 Å². The molecule has 4 atom stereocenters. The Bertz CT molecular complexity index is 487. The molecule has 0 bridgehead atoms. The fourth-order valence-corrected chi connectivity index (χ4v) is 3.73. The molecule has 2 rings (SSSR count). The van der Waals surface area contributed by atoms with Gasteiger partial charge in [0.2, 0.25) is 5.91 Å². The van der Waals surface area contributed by atoms with Crippen LogP contribution in [0.2, 0.25) is 0 Å². The van der Waals surface area contributed by atoms with Gasteiger partial charge in [-0.15, -0.1) is 0 Å². The van der Waals surface area contributed by atoms with Crippen molar-refractivity contribution in [2.24, 2.45) is 5.41 Å². The maximum atomic E-state index is 12.6. The van der Waals surface area contributed by atoms with Crippen LogP contribution in [0.4, 0.5) is 0 Å². The van der Waals surface area contributed by atoms with Crippen LogP contribution in [0.5, 0.6) is 0 Å². The standard InChI is InChI=1S/C15H25NO6/c1-9-15(12(18)21-6)14(19,8-20-5)7-10(17)16(15)11(22-9)13(2,3)4/h9,11,19H,7-8H2,1-6H3/t9-,11-,14+,15+/m1/s1. The van der Waals surface area contributed by atoms with E-state index in [-0.39, 0.29) is 18.9 Å². The summed E-state index contributed by atoms with van der Waals surface area (Å²) < 4.78 is 15.9. The summed E-state index contributed by atoms with van der Waals surface area (Å²) in [5.41, 5.74) is -3.70. The summed E-state index contributed by atoms with van der Waals surface area (Å²) in [7, 11) is 2.65. The number of hydrogen-bond donors (Lipinski definition) is 1. The topological polar surface area (TPSA) is 85.3 Å². The van der Waals surface area contributed by atoms with Crippen LogP contribution in [0.15, 0.2) is 0 Å². The Morgan fingerprint density at radius 2 is 2.05 bits per heavy atom. The normalized spacial score (nSPS) is 38.3. The second-order valence-corrected chi connectivity index (χ2v) is 7.16. The summed E-state index contributed by atoms with van der Waals surface area (Å²) in [5, 5.41) is 11.1. The van der Waals surface area contributed by atoms with Crippen molar-refractivity contribution < 1.29 is 28.9 Å². The van der Waals surface area contributed by atoms with Gasteiger partial charge in [-0.2, -0.15) is 0 Å². The van der Waals surface area contributed by atoms with Gasteiger partial charge < -0.3 is 19.3 Å². The summed E-state index contributed by atoms with van der Waals surface area (Å²) >= 11 is 0. The quantitative estimate of drug-likeness (QED) is 0.754. The summed E-state index contributed by atoms with van der Waals surface area (Å²) in [4.78, 5) is 26.6. The molecule has 0 aromatic carbocycles. The molecular formula is C15H25NO6. The van der Waals surface area contributed by atoms with E-state index < -0.39 is 34.9 Å². The van der Waals surface area contributed by atoms with Crippen LogP contribution in [0, 0.1) is 5.41 Å². The molecule has 0 aliphatic carbocycles. The number of hydrogen-bond acceptors (Lipinski definition) is 6. The highest BCUT2D eigenvalue weighted by Gasteiger charge is 2.76. The molecule has 0 unspecified atom stereocenters. The molecule has 22 heavy (non-hydrogen) atoms. The fourth-order valence-electron chi connectivity index (χ4n) is 3.73. The minimum atomic E-state index is -1.69. The van der Waals surface area contributed by atoms with Crippen LogP contribution >= 0.6 is 0 Å². The minimum absolute atomic E-state index is 0.158. The Labute approximate surface area is 130 Å². The highest BCUT2D eigenvalue weighted by Crippen LogP contribution is 2.52. The minimum Gasteiger partial charge on any atom is -0.467 e. The zero-order chi connectivity index (χ0) is 16.9. The van der Waals surface area contributed by atoms with Crippen molar-refractivity contribution >= 4 is 11.9 Å². The average Bonchev–Trinajstić information content (AvgIpc) is 2.83. The van der Waals surface area contributed by atoms with Crippen molar-refractivity contribution in [1.82, 2.24) is 4.90 Å². The largest absolute Gasteiger partial charge is 0.467 e. The number of amides is 1. The van der Waals surface area contributed by atoms with Gasteiger partial charge in [0.05, 0.1) is 26.2 Å². The van der Waals surface area contributed by atoms with Gasteiger partial charge in [-0.25, -0.2) is 4.79 Å². The van der Waals surface area contributed by atoms with E-state index in [1.807, 2.05) is 20.8 Å². The Balaban J connectivity index is 2.64. The highest BCUT2D eigenvalue weighted by molar-refractivity contribution is 5.96. The smallest absolute Gasteiger partial charge is 0.337 e. The highest BCUT2D eigenvalue weighted by atomic mass is 16.6. The first kappa shape index (κ1) is 17.2. The number of methoxy groups -OCH3 is 2. The molecule has 0 saturated carbocycles. The Hall–Kier alpha value is -1.18. The van der Waals surface area contributed by atoms with Crippen LogP contribution < -0.4 is 0 Å². The first-order chi connectivity index (χ1) is 10.1. The van der Waals surface area contributed by atoms with E-state index in [0.717, 1.165) is 0 Å². The number of fused-ring (bicyclic) bond motifs is 1. The Morgan fingerprint density at radius 3 is 2.50 bits per heavy atom. The molecule has 0 aromatic rings. The number of esters is 1. The van der Waals surface area contributed by atoms with E-state index in [1.54, 1.807) is 6.92 Å². The third-order valence-electron chi connectivity index (χ3n) is 4.58. The van der Waals surface area contributed by atoms with Gasteiger partial charge in [-0.3, -0.25) is 9.69 Å². The van der Waals surface area contributed by atoms with E-state index in [9.17, 15) is 14.7 Å². The monoisotopic (exact) mass is 315 g/mol. The molecule has 0 radical (unpaired) electrons. The average molecular weight is 315 g/mol.